The van der Waals surface area contributed by atoms with Gasteiger partial charge in [0.15, 0.2) is 0 Å². The van der Waals surface area contributed by atoms with Crippen LogP contribution in [0.25, 0.3) is 0 Å². The van der Waals surface area contributed by atoms with Crippen LogP contribution in [0.2, 0.25) is 0 Å². The van der Waals surface area contributed by atoms with Gasteiger partial charge in [-0.15, -0.1) is 0 Å². The first-order chi connectivity index (χ1) is 8.68. The Hall–Kier alpha value is -1.10. The van der Waals surface area contributed by atoms with E-state index in [2.05, 4.69) is 11.9 Å². The molecule has 0 aromatic heterocycles. The van der Waals surface area contributed by atoms with E-state index in [9.17, 15) is 5.11 Å². The first-order valence-electron chi connectivity index (χ1n) is 6.49. The second-order valence-electron chi connectivity index (χ2n) is 4.93. The highest BCUT2D eigenvalue weighted by atomic mass is 16.5. The molecular formula is C14H22N2O2. The largest absolute Gasteiger partial charge is 0.398 e. The van der Waals surface area contributed by atoms with Gasteiger partial charge in [0.2, 0.25) is 0 Å². The third-order valence-electron chi connectivity index (χ3n) is 3.63. The van der Waals surface area contributed by atoms with Gasteiger partial charge < -0.3 is 20.5 Å². The average molecular weight is 250 g/mol. The van der Waals surface area contributed by atoms with Crippen molar-refractivity contribution in [3.05, 3.63) is 29.8 Å². The summed E-state index contributed by atoms with van der Waals surface area (Å²) in [4.78, 5) is 2.21. The quantitative estimate of drug-likeness (QED) is 0.793. The molecule has 1 saturated heterocycles. The topological polar surface area (TPSA) is 58.7 Å². The van der Waals surface area contributed by atoms with Gasteiger partial charge in [-0.25, -0.2) is 0 Å². The van der Waals surface area contributed by atoms with Crippen LogP contribution in [-0.4, -0.2) is 42.9 Å². The molecule has 0 amide bonds. The van der Waals surface area contributed by atoms with Crippen molar-refractivity contribution < 1.29 is 9.84 Å². The molecule has 1 aromatic rings. The van der Waals surface area contributed by atoms with Crippen molar-refractivity contribution in [2.75, 3.05) is 32.5 Å². The maximum Gasteiger partial charge on any atom is 0.0936 e. The Morgan fingerprint density at radius 3 is 2.72 bits per heavy atom. The van der Waals surface area contributed by atoms with Crippen molar-refractivity contribution in [3.63, 3.8) is 0 Å². The summed E-state index contributed by atoms with van der Waals surface area (Å²) < 4.78 is 5.35. The van der Waals surface area contributed by atoms with Crippen LogP contribution in [0.15, 0.2) is 24.3 Å². The number of likely N-dealkylation sites (N-methyl/N-ethyl adjacent to an activating group) is 1. The third-order valence-corrected chi connectivity index (χ3v) is 3.63. The molecule has 1 atom stereocenters. The zero-order valence-electron chi connectivity index (χ0n) is 10.9. The van der Waals surface area contributed by atoms with E-state index in [1.807, 2.05) is 24.3 Å². The minimum atomic E-state index is -0.529. The van der Waals surface area contributed by atoms with E-state index in [-0.39, 0.29) is 0 Å². The molecule has 100 valence electrons. The molecule has 3 N–H and O–H groups in total. The molecule has 0 saturated carbocycles. The van der Waals surface area contributed by atoms with Crippen LogP contribution in [0.5, 0.6) is 0 Å². The number of nitrogen functional groups attached to an aromatic ring is 1. The van der Waals surface area contributed by atoms with E-state index in [0.717, 1.165) is 31.6 Å². The number of aliphatic hydroxyl groups is 1. The van der Waals surface area contributed by atoms with Crippen molar-refractivity contribution >= 4 is 5.69 Å². The summed E-state index contributed by atoms with van der Waals surface area (Å²) in [5.41, 5.74) is 7.35. The molecule has 0 aliphatic carbocycles. The molecule has 0 radical (unpaired) electrons. The smallest absolute Gasteiger partial charge is 0.0936 e. The summed E-state index contributed by atoms with van der Waals surface area (Å²) in [7, 11) is 2.05. The van der Waals surface area contributed by atoms with Crippen LogP contribution in [0, 0.1) is 0 Å². The number of nitrogens with zero attached hydrogens (tertiary/aromatic N) is 1. The molecule has 0 spiro atoms. The molecule has 4 nitrogen and oxygen atoms in total. The highest BCUT2D eigenvalue weighted by Gasteiger charge is 2.21. The van der Waals surface area contributed by atoms with Gasteiger partial charge in [0.25, 0.3) is 0 Å². The zero-order chi connectivity index (χ0) is 13.0. The van der Waals surface area contributed by atoms with E-state index in [4.69, 9.17) is 10.5 Å². The molecule has 1 heterocycles. The summed E-state index contributed by atoms with van der Waals surface area (Å²) >= 11 is 0. The number of aliphatic hydroxyl groups excluding tert-OH is 1. The number of ether oxygens (including phenoxy) is 1. The molecule has 4 heteroatoms. The Balaban J connectivity index is 1.94. The summed E-state index contributed by atoms with van der Waals surface area (Å²) in [5.74, 6) is 0. The van der Waals surface area contributed by atoms with Gasteiger partial charge in [0.05, 0.1) is 6.10 Å². The lowest BCUT2D eigenvalue weighted by Crippen LogP contribution is -2.39. The summed E-state index contributed by atoms with van der Waals surface area (Å²) in [6.45, 7) is 2.25. The van der Waals surface area contributed by atoms with E-state index in [0.29, 0.717) is 18.3 Å². The van der Waals surface area contributed by atoms with E-state index < -0.39 is 6.10 Å². The fourth-order valence-corrected chi connectivity index (χ4v) is 2.46. The molecule has 1 aliphatic heterocycles. The van der Waals surface area contributed by atoms with Crippen LogP contribution in [-0.2, 0) is 4.74 Å². The lowest BCUT2D eigenvalue weighted by Gasteiger charge is -2.32. The molecule has 18 heavy (non-hydrogen) atoms. The normalized spacial score (nSPS) is 19.1. The second-order valence-corrected chi connectivity index (χ2v) is 4.93. The fourth-order valence-electron chi connectivity index (χ4n) is 2.46. The maximum absolute atomic E-state index is 10.2. The monoisotopic (exact) mass is 250 g/mol. The highest BCUT2D eigenvalue weighted by Crippen LogP contribution is 2.22. The Morgan fingerprint density at radius 2 is 2.06 bits per heavy atom. The predicted molar refractivity (Wildman–Crippen MR) is 72.3 cm³/mol. The standard InChI is InChI=1S/C14H22N2O2/c1-16(11-6-8-18-9-7-11)10-14(17)12-4-2-3-5-13(12)15/h2-5,11,14,17H,6-10,15H2,1H3. The Bertz CT molecular complexity index is 378. The number of para-hydroxylation sites is 1. The van der Waals surface area contributed by atoms with Crippen LogP contribution in [0.3, 0.4) is 0 Å². The molecule has 1 aliphatic rings. The van der Waals surface area contributed by atoms with Crippen LogP contribution in [0.1, 0.15) is 24.5 Å². The fraction of sp³-hybridized carbons (Fsp3) is 0.571. The molecule has 1 fully saturated rings. The van der Waals surface area contributed by atoms with Crippen LogP contribution < -0.4 is 5.73 Å². The van der Waals surface area contributed by atoms with Gasteiger partial charge >= 0.3 is 0 Å². The molecular weight excluding hydrogens is 228 g/mol. The summed E-state index contributed by atoms with van der Waals surface area (Å²) in [6, 6.07) is 8.00. The SMILES string of the molecule is CN(CC(O)c1ccccc1N)C1CCOCC1. The van der Waals surface area contributed by atoms with Gasteiger partial charge in [-0.3, -0.25) is 0 Å². The van der Waals surface area contributed by atoms with Crippen molar-refractivity contribution in [1.82, 2.24) is 4.90 Å². The Labute approximate surface area is 108 Å². The van der Waals surface area contributed by atoms with Gasteiger partial charge in [-0.05, 0) is 26.0 Å². The Morgan fingerprint density at radius 1 is 1.39 bits per heavy atom. The molecule has 0 bridgehead atoms. The highest BCUT2D eigenvalue weighted by molar-refractivity contribution is 5.47. The zero-order valence-corrected chi connectivity index (χ0v) is 10.9. The van der Waals surface area contributed by atoms with Crippen LogP contribution >= 0.6 is 0 Å². The van der Waals surface area contributed by atoms with Crippen molar-refractivity contribution in [3.8, 4) is 0 Å². The number of benzene rings is 1. The lowest BCUT2D eigenvalue weighted by molar-refractivity contribution is 0.0254. The van der Waals surface area contributed by atoms with Gasteiger partial charge in [0.1, 0.15) is 0 Å². The average Bonchev–Trinajstić information content (AvgIpc) is 2.40. The van der Waals surface area contributed by atoms with E-state index in [1.165, 1.54) is 0 Å². The predicted octanol–water partition coefficient (Wildman–Crippen LogP) is 1.41. The second kappa shape index (κ2) is 6.18. The molecule has 1 aromatic carbocycles. The molecule has 1 unspecified atom stereocenters. The lowest BCUT2D eigenvalue weighted by atomic mass is 10.0. The first kappa shape index (κ1) is 13.3. The Kier molecular flexibility index (Phi) is 4.58. The van der Waals surface area contributed by atoms with Gasteiger partial charge in [-0.2, -0.15) is 0 Å². The number of hydrogen-bond donors (Lipinski definition) is 2. The number of hydrogen-bond acceptors (Lipinski definition) is 4. The first-order valence-corrected chi connectivity index (χ1v) is 6.49. The van der Waals surface area contributed by atoms with E-state index in [1.54, 1.807) is 0 Å². The minimum absolute atomic E-state index is 0.498. The van der Waals surface area contributed by atoms with E-state index >= 15 is 0 Å². The number of anilines is 1. The van der Waals surface area contributed by atoms with Gasteiger partial charge in [0, 0.05) is 37.1 Å². The van der Waals surface area contributed by atoms with Crippen molar-refractivity contribution in [2.24, 2.45) is 0 Å². The number of rotatable bonds is 4. The van der Waals surface area contributed by atoms with Crippen molar-refractivity contribution in [2.45, 2.75) is 25.0 Å². The summed E-state index contributed by atoms with van der Waals surface area (Å²) in [5, 5.41) is 10.2. The minimum Gasteiger partial charge on any atom is -0.398 e. The van der Waals surface area contributed by atoms with Crippen molar-refractivity contribution in [1.29, 1.82) is 0 Å². The molecule has 2 rings (SSSR count). The third kappa shape index (κ3) is 3.22. The summed E-state index contributed by atoms with van der Waals surface area (Å²) in [6.07, 6.45) is 1.54. The van der Waals surface area contributed by atoms with Crippen LogP contribution in [0.4, 0.5) is 5.69 Å². The maximum atomic E-state index is 10.2. The number of nitrogens with two attached hydrogens (primary N) is 1. The van der Waals surface area contributed by atoms with Gasteiger partial charge in [-0.1, -0.05) is 18.2 Å².